The Kier molecular flexibility index (Phi) is 8.18. The lowest BCUT2D eigenvalue weighted by Gasteiger charge is -2.40. The summed E-state index contributed by atoms with van der Waals surface area (Å²) >= 11 is 0. The Morgan fingerprint density at radius 3 is 2.48 bits per heavy atom. The van der Waals surface area contributed by atoms with E-state index in [-0.39, 0.29) is 5.54 Å². The van der Waals surface area contributed by atoms with Gasteiger partial charge in [0.2, 0.25) is 0 Å². The number of piperidine rings is 1. The molecule has 2 N–H and O–H groups in total. The molecule has 0 bridgehead atoms. The number of aromatic nitrogens is 3. The molecule has 1 saturated heterocycles. The molecular weight excluding hydrogens is 314 g/mol. The molecule has 142 valence electrons. The van der Waals surface area contributed by atoms with Crippen LogP contribution in [0.1, 0.15) is 52.9 Å². The summed E-state index contributed by atoms with van der Waals surface area (Å²) in [6, 6.07) is 0. The van der Waals surface area contributed by atoms with E-state index in [1.54, 1.807) is 12.7 Å². The fourth-order valence-corrected chi connectivity index (χ4v) is 3.18. The normalized spacial score (nSPS) is 16.8. The predicted octanol–water partition coefficient (Wildman–Crippen LogP) is 1.88. The number of nitrogens with one attached hydrogen (secondary N) is 2. The molecule has 0 atom stereocenters. The third-order valence-corrected chi connectivity index (χ3v) is 4.78. The topological polar surface area (TPSA) is 70.4 Å². The second-order valence-corrected chi connectivity index (χ2v) is 7.39. The number of aliphatic imine (C=N–C) groups is 1. The molecule has 7 heteroatoms. The van der Waals surface area contributed by atoms with Gasteiger partial charge in [-0.15, -0.1) is 10.2 Å². The first-order chi connectivity index (χ1) is 12.1. The number of rotatable bonds is 9. The van der Waals surface area contributed by atoms with Crippen molar-refractivity contribution in [2.24, 2.45) is 4.99 Å². The average molecular weight is 350 g/mol. The van der Waals surface area contributed by atoms with Crippen molar-refractivity contribution in [3.05, 3.63) is 12.7 Å². The van der Waals surface area contributed by atoms with Crippen molar-refractivity contribution in [3.8, 4) is 0 Å². The van der Waals surface area contributed by atoms with E-state index in [0.29, 0.717) is 0 Å². The molecule has 0 aromatic carbocycles. The minimum Gasteiger partial charge on any atom is -0.357 e. The Hall–Kier alpha value is -1.63. The van der Waals surface area contributed by atoms with Gasteiger partial charge < -0.3 is 15.2 Å². The van der Waals surface area contributed by atoms with Crippen molar-refractivity contribution in [2.75, 3.05) is 32.7 Å². The maximum absolute atomic E-state index is 4.84. The second-order valence-electron chi connectivity index (χ2n) is 7.39. The number of unbranched alkanes of at least 4 members (excludes halogenated alkanes) is 1. The van der Waals surface area contributed by atoms with E-state index >= 15 is 0 Å². The zero-order chi connectivity index (χ0) is 18.0. The first-order valence-electron chi connectivity index (χ1n) is 9.71. The molecule has 25 heavy (non-hydrogen) atoms. The summed E-state index contributed by atoms with van der Waals surface area (Å²) in [6.07, 6.45) is 9.73. The van der Waals surface area contributed by atoms with Crippen LogP contribution in [0.2, 0.25) is 0 Å². The Morgan fingerprint density at radius 2 is 1.80 bits per heavy atom. The van der Waals surface area contributed by atoms with E-state index in [4.69, 9.17) is 4.99 Å². The van der Waals surface area contributed by atoms with Crippen molar-refractivity contribution >= 4 is 5.96 Å². The van der Waals surface area contributed by atoms with Gasteiger partial charge in [-0.3, -0.25) is 9.89 Å². The number of hydrogen-bond donors (Lipinski definition) is 2. The molecule has 1 aliphatic heterocycles. The van der Waals surface area contributed by atoms with Crippen LogP contribution in [0.3, 0.4) is 0 Å². The molecule has 0 unspecified atom stereocenters. The lowest BCUT2D eigenvalue weighted by molar-refractivity contribution is 0.102. The van der Waals surface area contributed by atoms with Gasteiger partial charge in [-0.1, -0.05) is 6.42 Å². The summed E-state index contributed by atoms with van der Waals surface area (Å²) in [7, 11) is 0. The number of guanidine groups is 1. The maximum atomic E-state index is 4.84. The van der Waals surface area contributed by atoms with Gasteiger partial charge in [-0.05, 0) is 59.5 Å². The number of hydrogen-bond acceptors (Lipinski definition) is 4. The lowest BCUT2D eigenvalue weighted by atomic mass is 9.99. The van der Waals surface area contributed by atoms with Crippen LogP contribution in [0, 0.1) is 0 Å². The first kappa shape index (κ1) is 19.7. The Labute approximate surface area is 152 Å². The van der Waals surface area contributed by atoms with Gasteiger partial charge in [0.25, 0.3) is 0 Å². The van der Waals surface area contributed by atoms with Crippen LogP contribution in [0.5, 0.6) is 0 Å². The minimum absolute atomic E-state index is 0.122. The van der Waals surface area contributed by atoms with Gasteiger partial charge in [0.1, 0.15) is 12.7 Å². The van der Waals surface area contributed by atoms with Crippen LogP contribution in [0.25, 0.3) is 0 Å². The molecule has 1 aliphatic rings. The number of nitrogens with zero attached hydrogens (tertiary/aromatic N) is 5. The van der Waals surface area contributed by atoms with Gasteiger partial charge in [0.15, 0.2) is 5.96 Å². The Balaban J connectivity index is 1.72. The zero-order valence-corrected chi connectivity index (χ0v) is 16.2. The molecule has 0 saturated carbocycles. The van der Waals surface area contributed by atoms with Crippen molar-refractivity contribution in [3.63, 3.8) is 0 Å². The van der Waals surface area contributed by atoms with Gasteiger partial charge in [0, 0.05) is 25.2 Å². The zero-order valence-electron chi connectivity index (χ0n) is 16.2. The molecule has 7 nitrogen and oxygen atoms in total. The maximum Gasteiger partial charge on any atom is 0.191 e. The quantitative estimate of drug-likeness (QED) is 0.405. The average Bonchev–Trinajstić information content (AvgIpc) is 3.13. The third kappa shape index (κ3) is 7.02. The molecule has 1 aromatic heterocycles. The van der Waals surface area contributed by atoms with E-state index in [1.807, 2.05) is 4.57 Å². The van der Waals surface area contributed by atoms with Crippen LogP contribution in [0.15, 0.2) is 17.6 Å². The van der Waals surface area contributed by atoms with Crippen LogP contribution >= 0.6 is 0 Å². The summed E-state index contributed by atoms with van der Waals surface area (Å²) in [4.78, 5) is 7.42. The highest BCUT2D eigenvalue weighted by molar-refractivity contribution is 5.79. The van der Waals surface area contributed by atoms with Crippen molar-refractivity contribution in [2.45, 2.75) is 65.0 Å². The molecule has 1 aromatic rings. The minimum atomic E-state index is 0.122. The number of aryl methyl sites for hydroxylation is 1. The Morgan fingerprint density at radius 1 is 1.08 bits per heavy atom. The summed E-state index contributed by atoms with van der Waals surface area (Å²) < 4.78 is 2.01. The SMILES string of the molecule is CCNC(=NCC(C)(C)N1CCCCC1)NCCCCn1cnnc1. The molecule has 2 heterocycles. The van der Waals surface area contributed by atoms with Gasteiger partial charge in [-0.25, -0.2) is 0 Å². The van der Waals surface area contributed by atoms with Crippen LogP contribution in [0.4, 0.5) is 0 Å². The van der Waals surface area contributed by atoms with Gasteiger partial charge in [-0.2, -0.15) is 0 Å². The standard InChI is InChI=1S/C18H35N7/c1-4-19-17(20-10-6-9-11-24-15-22-23-16-24)21-14-18(2,3)25-12-7-5-8-13-25/h15-16H,4-14H2,1-3H3,(H2,19,20,21). The van der Waals surface area contributed by atoms with Crippen LogP contribution in [-0.4, -0.2) is 63.9 Å². The largest absolute Gasteiger partial charge is 0.357 e. The van der Waals surface area contributed by atoms with Crippen molar-refractivity contribution in [1.82, 2.24) is 30.3 Å². The summed E-state index contributed by atoms with van der Waals surface area (Å²) in [5, 5.41) is 14.5. The fraction of sp³-hybridized carbons (Fsp3) is 0.833. The third-order valence-electron chi connectivity index (χ3n) is 4.78. The second kappa shape index (κ2) is 10.4. The van der Waals surface area contributed by atoms with E-state index in [0.717, 1.165) is 45.0 Å². The molecule has 0 amide bonds. The molecule has 0 spiro atoms. The molecule has 0 radical (unpaired) electrons. The monoisotopic (exact) mass is 349 g/mol. The lowest BCUT2D eigenvalue weighted by Crippen LogP contribution is -2.49. The fourth-order valence-electron chi connectivity index (χ4n) is 3.18. The molecule has 2 rings (SSSR count). The first-order valence-corrected chi connectivity index (χ1v) is 9.71. The van der Waals surface area contributed by atoms with Crippen LogP contribution in [-0.2, 0) is 6.54 Å². The summed E-state index contributed by atoms with van der Waals surface area (Å²) in [5.74, 6) is 0.928. The van der Waals surface area contributed by atoms with Crippen LogP contribution < -0.4 is 10.6 Å². The highest BCUT2D eigenvalue weighted by Crippen LogP contribution is 2.20. The Bertz CT molecular complexity index is 490. The smallest absolute Gasteiger partial charge is 0.191 e. The summed E-state index contributed by atoms with van der Waals surface area (Å²) in [5.41, 5.74) is 0.122. The predicted molar refractivity (Wildman–Crippen MR) is 103 cm³/mol. The van der Waals surface area contributed by atoms with E-state index < -0.39 is 0 Å². The van der Waals surface area contributed by atoms with E-state index in [2.05, 4.69) is 46.5 Å². The van der Waals surface area contributed by atoms with E-state index in [1.165, 1.54) is 32.4 Å². The molecule has 0 aliphatic carbocycles. The highest BCUT2D eigenvalue weighted by Gasteiger charge is 2.27. The molecule has 1 fully saturated rings. The highest BCUT2D eigenvalue weighted by atomic mass is 15.2. The van der Waals surface area contributed by atoms with E-state index in [9.17, 15) is 0 Å². The number of likely N-dealkylation sites (tertiary alicyclic amines) is 1. The van der Waals surface area contributed by atoms with Crippen molar-refractivity contribution in [1.29, 1.82) is 0 Å². The molecular formula is C18H35N7. The summed E-state index contributed by atoms with van der Waals surface area (Å²) in [6.45, 7) is 12.7. The van der Waals surface area contributed by atoms with Gasteiger partial charge >= 0.3 is 0 Å². The van der Waals surface area contributed by atoms with Gasteiger partial charge in [0.05, 0.1) is 6.54 Å². The van der Waals surface area contributed by atoms with Crippen molar-refractivity contribution < 1.29 is 0 Å².